The molecule has 22 heavy (non-hydrogen) atoms. The summed E-state index contributed by atoms with van der Waals surface area (Å²) in [6, 6.07) is 6.91. The Morgan fingerprint density at radius 3 is 2.82 bits per heavy atom. The SMILES string of the molecule is CN(C(=O)C[C@H]1NC(=O)NC1=O)[C@H]1CCCc2ccccc21. The number of nitrogens with one attached hydrogen (secondary N) is 2. The summed E-state index contributed by atoms with van der Waals surface area (Å²) in [5.74, 6) is -0.570. The molecule has 1 saturated heterocycles. The quantitative estimate of drug-likeness (QED) is 0.821. The molecule has 1 aliphatic heterocycles. The van der Waals surface area contributed by atoms with E-state index in [0.717, 1.165) is 19.3 Å². The van der Waals surface area contributed by atoms with E-state index in [-0.39, 0.29) is 18.4 Å². The molecule has 2 atom stereocenters. The Morgan fingerprint density at radius 1 is 1.32 bits per heavy atom. The fourth-order valence-corrected chi connectivity index (χ4v) is 3.23. The Kier molecular flexibility index (Phi) is 3.83. The van der Waals surface area contributed by atoms with Gasteiger partial charge in [0.15, 0.2) is 0 Å². The van der Waals surface area contributed by atoms with Crippen molar-refractivity contribution in [2.75, 3.05) is 7.05 Å². The Labute approximate surface area is 128 Å². The number of benzene rings is 1. The van der Waals surface area contributed by atoms with Crippen LogP contribution in [0.5, 0.6) is 0 Å². The predicted octanol–water partition coefficient (Wildman–Crippen LogP) is 1.12. The van der Waals surface area contributed by atoms with E-state index >= 15 is 0 Å². The lowest BCUT2D eigenvalue weighted by atomic mass is 9.87. The van der Waals surface area contributed by atoms with E-state index in [2.05, 4.69) is 22.8 Å². The summed E-state index contributed by atoms with van der Waals surface area (Å²) in [6.45, 7) is 0. The second-order valence-corrected chi connectivity index (χ2v) is 5.83. The Hall–Kier alpha value is -2.37. The number of aryl methyl sites for hydroxylation is 1. The Bertz CT molecular complexity index is 629. The fourth-order valence-electron chi connectivity index (χ4n) is 3.23. The molecule has 0 spiro atoms. The van der Waals surface area contributed by atoms with E-state index in [1.807, 2.05) is 12.1 Å². The van der Waals surface area contributed by atoms with E-state index in [1.54, 1.807) is 11.9 Å². The van der Waals surface area contributed by atoms with Gasteiger partial charge in [0.2, 0.25) is 5.91 Å². The van der Waals surface area contributed by atoms with Crippen molar-refractivity contribution in [3.05, 3.63) is 35.4 Å². The minimum atomic E-state index is -0.763. The minimum Gasteiger partial charge on any atom is -0.339 e. The Morgan fingerprint density at radius 2 is 2.09 bits per heavy atom. The summed E-state index contributed by atoms with van der Waals surface area (Å²) in [5.41, 5.74) is 2.47. The van der Waals surface area contributed by atoms with Crippen LogP contribution in [0.2, 0.25) is 0 Å². The second kappa shape index (κ2) is 5.79. The zero-order chi connectivity index (χ0) is 15.7. The molecule has 3 rings (SSSR count). The van der Waals surface area contributed by atoms with Crippen LogP contribution in [0.25, 0.3) is 0 Å². The highest BCUT2D eigenvalue weighted by Gasteiger charge is 2.34. The normalized spacial score (nSPS) is 23.5. The number of nitrogens with zero attached hydrogens (tertiary/aromatic N) is 1. The lowest BCUT2D eigenvalue weighted by Crippen LogP contribution is -2.39. The van der Waals surface area contributed by atoms with Gasteiger partial charge in [-0.15, -0.1) is 0 Å². The molecule has 1 aliphatic carbocycles. The summed E-state index contributed by atoms with van der Waals surface area (Å²) in [4.78, 5) is 36.8. The van der Waals surface area contributed by atoms with Crippen LogP contribution in [-0.4, -0.2) is 35.8 Å². The summed E-state index contributed by atoms with van der Waals surface area (Å²) < 4.78 is 0. The van der Waals surface area contributed by atoms with Crippen LogP contribution in [0.15, 0.2) is 24.3 Å². The largest absolute Gasteiger partial charge is 0.339 e. The molecule has 0 bridgehead atoms. The van der Waals surface area contributed by atoms with Crippen LogP contribution >= 0.6 is 0 Å². The molecule has 0 radical (unpaired) electrons. The van der Waals surface area contributed by atoms with E-state index in [9.17, 15) is 14.4 Å². The van der Waals surface area contributed by atoms with Gasteiger partial charge < -0.3 is 10.2 Å². The third-order valence-electron chi connectivity index (χ3n) is 4.44. The maximum absolute atomic E-state index is 12.5. The number of imide groups is 1. The number of fused-ring (bicyclic) bond motifs is 1. The first kappa shape index (κ1) is 14.6. The van der Waals surface area contributed by atoms with Gasteiger partial charge in [0.1, 0.15) is 6.04 Å². The van der Waals surface area contributed by atoms with Crippen molar-refractivity contribution < 1.29 is 14.4 Å². The van der Waals surface area contributed by atoms with Crippen LogP contribution in [0.3, 0.4) is 0 Å². The second-order valence-electron chi connectivity index (χ2n) is 5.83. The highest BCUT2D eigenvalue weighted by Crippen LogP contribution is 2.33. The molecule has 0 aromatic heterocycles. The first-order valence-corrected chi connectivity index (χ1v) is 7.51. The Balaban J connectivity index is 1.72. The molecule has 6 nitrogen and oxygen atoms in total. The van der Waals surface area contributed by atoms with Gasteiger partial charge in [0, 0.05) is 7.05 Å². The first-order valence-electron chi connectivity index (χ1n) is 7.51. The van der Waals surface area contributed by atoms with Crippen LogP contribution < -0.4 is 10.6 Å². The molecule has 1 aromatic carbocycles. The average Bonchev–Trinajstić information content (AvgIpc) is 2.83. The first-order chi connectivity index (χ1) is 10.6. The molecule has 1 aromatic rings. The molecule has 1 fully saturated rings. The monoisotopic (exact) mass is 301 g/mol. The maximum atomic E-state index is 12.5. The van der Waals surface area contributed by atoms with Crippen LogP contribution in [0.4, 0.5) is 4.79 Å². The van der Waals surface area contributed by atoms with Gasteiger partial charge in [-0.1, -0.05) is 24.3 Å². The summed E-state index contributed by atoms with van der Waals surface area (Å²) in [5, 5.41) is 4.61. The number of carbonyl (C=O) groups is 3. The van der Waals surface area contributed by atoms with Gasteiger partial charge in [-0.05, 0) is 30.4 Å². The van der Waals surface area contributed by atoms with Crippen LogP contribution in [-0.2, 0) is 16.0 Å². The minimum absolute atomic E-state index is 0.00720. The van der Waals surface area contributed by atoms with Gasteiger partial charge in [-0.3, -0.25) is 14.9 Å². The molecule has 0 unspecified atom stereocenters. The molecule has 1 heterocycles. The molecule has 6 heteroatoms. The van der Waals surface area contributed by atoms with Crippen LogP contribution in [0.1, 0.15) is 36.4 Å². The molecule has 0 saturated carbocycles. The summed E-state index contributed by atoms with van der Waals surface area (Å²) in [7, 11) is 1.77. The van der Waals surface area contributed by atoms with Crippen molar-refractivity contribution >= 4 is 17.8 Å². The number of rotatable bonds is 3. The lowest BCUT2D eigenvalue weighted by Gasteiger charge is -2.33. The zero-order valence-corrected chi connectivity index (χ0v) is 12.5. The number of urea groups is 1. The topological polar surface area (TPSA) is 78.5 Å². The molecule has 2 N–H and O–H groups in total. The van der Waals surface area contributed by atoms with Crippen molar-refractivity contribution in [2.24, 2.45) is 0 Å². The smallest absolute Gasteiger partial charge is 0.322 e. The number of amides is 4. The van der Waals surface area contributed by atoms with Gasteiger partial charge in [-0.25, -0.2) is 4.79 Å². The maximum Gasteiger partial charge on any atom is 0.322 e. The molecular weight excluding hydrogens is 282 g/mol. The van der Waals surface area contributed by atoms with Gasteiger partial charge in [0.05, 0.1) is 12.5 Å². The fraction of sp³-hybridized carbons (Fsp3) is 0.438. The highest BCUT2D eigenvalue weighted by molar-refractivity contribution is 6.05. The third-order valence-corrected chi connectivity index (χ3v) is 4.44. The lowest BCUT2D eigenvalue weighted by molar-refractivity contribution is -0.135. The number of carbonyl (C=O) groups excluding carboxylic acids is 3. The van der Waals surface area contributed by atoms with E-state index in [0.29, 0.717) is 0 Å². The third kappa shape index (κ3) is 2.68. The van der Waals surface area contributed by atoms with Gasteiger partial charge in [0.25, 0.3) is 5.91 Å². The highest BCUT2D eigenvalue weighted by atomic mass is 16.2. The number of hydrogen-bond acceptors (Lipinski definition) is 3. The molecule has 4 amide bonds. The van der Waals surface area contributed by atoms with Crippen molar-refractivity contribution in [2.45, 2.75) is 37.8 Å². The average molecular weight is 301 g/mol. The van der Waals surface area contributed by atoms with Gasteiger partial charge in [-0.2, -0.15) is 0 Å². The van der Waals surface area contributed by atoms with Crippen molar-refractivity contribution in [3.8, 4) is 0 Å². The van der Waals surface area contributed by atoms with E-state index in [1.165, 1.54) is 11.1 Å². The zero-order valence-electron chi connectivity index (χ0n) is 12.5. The molecular formula is C16H19N3O3. The summed E-state index contributed by atoms with van der Waals surface area (Å²) in [6.07, 6.45) is 2.99. The molecule has 2 aliphatic rings. The van der Waals surface area contributed by atoms with E-state index in [4.69, 9.17) is 0 Å². The molecule has 116 valence electrons. The van der Waals surface area contributed by atoms with Crippen molar-refractivity contribution in [3.63, 3.8) is 0 Å². The van der Waals surface area contributed by atoms with E-state index < -0.39 is 18.0 Å². The van der Waals surface area contributed by atoms with Crippen molar-refractivity contribution in [1.29, 1.82) is 0 Å². The van der Waals surface area contributed by atoms with Crippen molar-refractivity contribution in [1.82, 2.24) is 15.5 Å². The summed E-state index contributed by atoms with van der Waals surface area (Å²) >= 11 is 0. The number of hydrogen-bond donors (Lipinski definition) is 2. The standard InChI is InChI=1S/C16H19N3O3/c1-19(14(20)9-12-15(21)18-16(22)17-12)13-8-4-6-10-5-2-3-7-11(10)13/h2-3,5,7,12-13H,4,6,8-9H2,1H3,(H2,17,18,21,22)/t12-,13+/m1/s1. The van der Waals surface area contributed by atoms with Crippen LogP contribution in [0, 0.1) is 0 Å². The van der Waals surface area contributed by atoms with Gasteiger partial charge >= 0.3 is 6.03 Å². The predicted molar refractivity (Wildman–Crippen MR) is 80.0 cm³/mol.